The fraction of sp³-hybridized carbons (Fsp3) is 0.318. The Morgan fingerprint density at radius 1 is 1.21 bits per heavy atom. The number of allylic oxidation sites excluding steroid dienone is 1. The summed E-state index contributed by atoms with van der Waals surface area (Å²) in [6, 6.07) is 9.41. The molecular formula is C22H27N5O6P+. The number of hydroxylamine groups is 1. The smallest absolute Gasteiger partial charge is 0.471 e. The van der Waals surface area contributed by atoms with Crippen LogP contribution in [0.2, 0.25) is 0 Å². The van der Waals surface area contributed by atoms with Gasteiger partial charge in [0.2, 0.25) is 12.6 Å². The molecule has 2 unspecified atom stereocenters. The third kappa shape index (κ3) is 3.49. The highest BCUT2D eigenvalue weighted by molar-refractivity contribution is 7.46. The van der Waals surface area contributed by atoms with Crippen LogP contribution in [0.15, 0.2) is 46.7 Å². The molecule has 0 aliphatic carbocycles. The van der Waals surface area contributed by atoms with E-state index in [1.165, 1.54) is 5.56 Å². The maximum atomic E-state index is 11.8. The van der Waals surface area contributed by atoms with E-state index in [1.54, 1.807) is 18.3 Å². The first-order chi connectivity index (χ1) is 16.0. The van der Waals surface area contributed by atoms with Crippen molar-refractivity contribution in [2.24, 2.45) is 4.99 Å². The van der Waals surface area contributed by atoms with Crippen LogP contribution in [0.25, 0.3) is 0 Å². The summed E-state index contributed by atoms with van der Waals surface area (Å²) < 4.78 is 22.2. The highest BCUT2D eigenvalue weighted by Gasteiger charge is 2.67. The highest BCUT2D eigenvalue weighted by atomic mass is 31.2. The number of benzene rings is 2. The van der Waals surface area contributed by atoms with Crippen molar-refractivity contribution < 1.29 is 28.5 Å². The first kappa shape index (κ1) is 22.9. The number of rotatable bonds is 6. The van der Waals surface area contributed by atoms with Crippen LogP contribution in [-0.2, 0) is 13.9 Å². The molecule has 2 atom stereocenters. The number of nitrogens with zero attached hydrogens (tertiary/aromatic N) is 2. The molecule has 180 valence electrons. The molecule has 11 nitrogen and oxygen atoms in total. The molecule has 3 aliphatic rings. The van der Waals surface area contributed by atoms with Crippen molar-refractivity contribution in [1.82, 2.24) is 9.96 Å². The fourth-order valence-electron chi connectivity index (χ4n) is 4.53. The van der Waals surface area contributed by atoms with Gasteiger partial charge in [0.1, 0.15) is 11.4 Å². The molecule has 5 N–H and O–H groups in total. The number of ether oxygens (including phenoxy) is 1. The molecule has 2 aromatic carbocycles. The van der Waals surface area contributed by atoms with E-state index in [0.717, 1.165) is 28.1 Å². The number of hydrogen-bond acceptors (Lipinski definition) is 8. The summed E-state index contributed by atoms with van der Waals surface area (Å²) in [5.41, 5.74) is 9.11. The minimum atomic E-state index is -4.83. The molecule has 0 aromatic heterocycles. The molecule has 1 fully saturated rings. The standard InChI is InChI=1S/C22H26N5O6P/c1-13-7-17(8-14(2)16(13)4)25-22-24-10-15(3)21(26-33-22)27(22,12-32-34(28,29)30)18-5-6-20-19(9-18)23-11-31-20/h5-10,23,25-26H,11-12H2,1-4H3,(H-,28,29,30)/p+1. The second-order valence-electron chi connectivity index (χ2n) is 8.67. The van der Waals surface area contributed by atoms with Crippen LogP contribution in [0.1, 0.15) is 23.6 Å². The van der Waals surface area contributed by atoms with Gasteiger partial charge in [0.15, 0.2) is 6.73 Å². The van der Waals surface area contributed by atoms with Gasteiger partial charge in [-0.15, -0.1) is 4.48 Å². The summed E-state index contributed by atoms with van der Waals surface area (Å²) in [5, 5.41) is 6.53. The zero-order valence-electron chi connectivity index (χ0n) is 19.2. The lowest BCUT2D eigenvalue weighted by atomic mass is 10.0. The molecule has 2 bridgehead atoms. The summed E-state index contributed by atoms with van der Waals surface area (Å²) in [6.07, 6.45) is 1.67. The van der Waals surface area contributed by atoms with Crippen molar-refractivity contribution in [2.45, 2.75) is 33.7 Å². The second-order valence-corrected chi connectivity index (χ2v) is 9.91. The highest BCUT2D eigenvalue weighted by Crippen LogP contribution is 2.50. The van der Waals surface area contributed by atoms with Crippen LogP contribution < -0.4 is 25.3 Å². The zero-order valence-corrected chi connectivity index (χ0v) is 20.1. The van der Waals surface area contributed by atoms with E-state index < -0.39 is 20.5 Å². The molecule has 0 spiro atoms. The summed E-state index contributed by atoms with van der Waals surface area (Å²) in [7, 11) is -4.83. The zero-order chi connectivity index (χ0) is 24.3. The molecule has 1 saturated heterocycles. The summed E-state index contributed by atoms with van der Waals surface area (Å²) in [5.74, 6) is -0.335. The molecule has 34 heavy (non-hydrogen) atoms. The van der Waals surface area contributed by atoms with Crippen molar-refractivity contribution >= 4 is 31.1 Å². The maximum Gasteiger partial charge on any atom is 0.474 e. The van der Waals surface area contributed by atoms with Crippen molar-refractivity contribution in [3.8, 4) is 5.75 Å². The maximum absolute atomic E-state index is 11.8. The normalized spacial score (nSPS) is 25.0. The average Bonchev–Trinajstić information content (AvgIpc) is 3.32. The van der Waals surface area contributed by atoms with Crippen LogP contribution in [-0.4, -0.2) is 35.4 Å². The van der Waals surface area contributed by atoms with Gasteiger partial charge in [-0.1, -0.05) is 0 Å². The molecule has 3 aliphatic heterocycles. The quantitative estimate of drug-likeness (QED) is 0.307. The van der Waals surface area contributed by atoms with Gasteiger partial charge in [0, 0.05) is 29.6 Å². The predicted molar refractivity (Wildman–Crippen MR) is 128 cm³/mol. The number of aliphatic imine (C=N–C) groups is 1. The Labute approximate surface area is 196 Å². The van der Waals surface area contributed by atoms with E-state index in [4.69, 9.17) is 19.1 Å². The molecular weight excluding hydrogens is 461 g/mol. The van der Waals surface area contributed by atoms with Crippen LogP contribution >= 0.6 is 7.82 Å². The summed E-state index contributed by atoms with van der Waals surface area (Å²) in [4.78, 5) is 30.0. The van der Waals surface area contributed by atoms with Gasteiger partial charge in [0.25, 0.3) is 0 Å². The first-order valence-corrected chi connectivity index (χ1v) is 12.2. The Kier molecular flexibility index (Phi) is 5.25. The number of anilines is 2. The topological polar surface area (TPSA) is 134 Å². The Balaban J connectivity index is 1.70. The number of phosphoric ester groups is 1. The van der Waals surface area contributed by atoms with Crippen LogP contribution in [0.4, 0.5) is 17.1 Å². The van der Waals surface area contributed by atoms with Gasteiger partial charge in [-0.25, -0.2) is 14.6 Å². The minimum absolute atomic E-state index is 0.318. The fourth-order valence-corrected chi connectivity index (χ4v) is 4.86. The van der Waals surface area contributed by atoms with E-state index >= 15 is 0 Å². The lowest BCUT2D eigenvalue weighted by Crippen LogP contribution is -2.67. The number of fused-ring (bicyclic) bond motifs is 3. The van der Waals surface area contributed by atoms with Gasteiger partial charge in [-0.3, -0.25) is 5.32 Å². The van der Waals surface area contributed by atoms with Crippen molar-refractivity contribution in [1.29, 1.82) is 0 Å². The minimum Gasteiger partial charge on any atom is -0.471 e. The van der Waals surface area contributed by atoms with Gasteiger partial charge in [-0.2, -0.15) is 9.83 Å². The SMILES string of the molecule is CC1=C2NOC(Nc3cc(C)c(C)c(C)c3)(N=C1)[N+]2(COP(=O)(O)O)c1ccc2c(c1)NCO2. The summed E-state index contributed by atoms with van der Waals surface area (Å²) >= 11 is 0. The molecule has 3 heterocycles. The largest absolute Gasteiger partial charge is 0.474 e. The van der Waals surface area contributed by atoms with E-state index in [-0.39, 0.29) is 4.48 Å². The van der Waals surface area contributed by atoms with Crippen LogP contribution in [0.3, 0.4) is 0 Å². The van der Waals surface area contributed by atoms with Gasteiger partial charge in [0.05, 0.1) is 5.69 Å². The predicted octanol–water partition coefficient (Wildman–Crippen LogP) is 3.32. The molecule has 5 rings (SSSR count). The Morgan fingerprint density at radius 2 is 1.94 bits per heavy atom. The number of quaternary nitrogens is 1. The summed E-state index contributed by atoms with van der Waals surface area (Å²) in [6.45, 7) is 7.80. The number of nitrogens with one attached hydrogen (secondary N) is 3. The van der Waals surface area contributed by atoms with Crippen LogP contribution in [0.5, 0.6) is 5.75 Å². The number of hydrogen-bond donors (Lipinski definition) is 5. The third-order valence-electron chi connectivity index (χ3n) is 6.54. The van der Waals surface area contributed by atoms with Crippen molar-refractivity contribution in [2.75, 3.05) is 24.1 Å². The monoisotopic (exact) mass is 488 g/mol. The van der Waals surface area contributed by atoms with Gasteiger partial charge < -0.3 is 19.8 Å². The number of aryl methyl sites for hydroxylation is 2. The molecule has 0 amide bonds. The lowest BCUT2D eigenvalue weighted by molar-refractivity contribution is -0.0972. The van der Waals surface area contributed by atoms with Crippen LogP contribution in [0, 0.1) is 20.8 Å². The molecule has 0 radical (unpaired) electrons. The number of phosphoric acid groups is 1. The van der Waals surface area contributed by atoms with Crippen molar-refractivity contribution in [3.05, 3.63) is 58.4 Å². The van der Waals surface area contributed by atoms with E-state index in [2.05, 4.69) is 23.0 Å². The van der Waals surface area contributed by atoms with E-state index in [1.807, 2.05) is 39.0 Å². The Bertz CT molecular complexity index is 1270. The van der Waals surface area contributed by atoms with E-state index in [0.29, 0.717) is 24.0 Å². The molecule has 0 saturated carbocycles. The van der Waals surface area contributed by atoms with Crippen molar-refractivity contribution in [3.63, 3.8) is 0 Å². The molecule has 2 aromatic rings. The third-order valence-corrected chi connectivity index (χ3v) is 7.00. The van der Waals surface area contributed by atoms with E-state index in [9.17, 15) is 14.4 Å². The Hall–Kier alpha value is -2.92. The van der Waals surface area contributed by atoms with Gasteiger partial charge >= 0.3 is 13.8 Å². The second kappa shape index (κ2) is 7.81. The molecule has 12 heteroatoms. The van der Waals surface area contributed by atoms with Gasteiger partial charge in [-0.05, 0) is 62.6 Å². The lowest BCUT2D eigenvalue weighted by Gasteiger charge is -2.42. The average molecular weight is 488 g/mol. The first-order valence-electron chi connectivity index (χ1n) is 10.7. The Morgan fingerprint density at radius 3 is 2.65 bits per heavy atom.